The Morgan fingerprint density at radius 3 is 2.78 bits per heavy atom. The fourth-order valence-corrected chi connectivity index (χ4v) is 3.28. The lowest BCUT2D eigenvalue weighted by Gasteiger charge is -2.06. The largest absolute Gasteiger partial charge is 0.369 e. The van der Waals surface area contributed by atoms with Crippen molar-refractivity contribution >= 4 is 60.6 Å². The average Bonchev–Trinajstić information content (AvgIpc) is 2.69. The summed E-state index contributed by atoms with van der Waals surface area (Å²) in [4.78, 5) is 9.74. The summed E-state index contributed by atoms with van der Waals surface area (Å²) < 4.78 is 2.44. The second kappa shape index (κ2) is 6.32. The van der Waals surface area contributed by atoms with Crippen LogP contribution in [0.25, 0.3) is 10.7 Å². The quantitative estimate of drug-likeness (QED) is 0.751. The van der Waals surface area contributed by atoms with E-state index in [1.54, 1.807) is 6.20 Å². The minimum absolute atomic E-state index is 0.675. The lowest BCUT2D eigenvalue weighted by Crippen LogP contribution is -2.04. The van der Waals surface area contributed by atoms with Gasteiger partial charge in [-0.05, 0) is 44.3 Å². The zero-order valence-electron chi connectivity index (χ0n) is 9.51. The SMILES string of the molecule is CCCNc1nc(-c2cc(Br)c(Cl)s2)ncc1Br. The molecule has 0 saturated heterocycles. The zero-order valence-corrected chi connectivity index (χ0v) is 14.2. The molecule has 0 aliphatic carbocycles. The number of halogens is 3. The second-order valence-corrected chi connectivity index (χ2v) is 6.91. The number of nitrogens with one attached hydrogen (secondary N) is 1. The fraction of sp³-hybridized carbons (Fsp3) is 0.273. The van der Waals surface area contributed by atoms with Crippen LogP contribution in [0, 0.1) is 0 Å². The van der Waals surface area contributed by atoms with Crippen molar-refractivity contribution in [1.29, 1.82) is 0 Å². The number of hydrogen-bond acceptors (Lipinski definition) is 4. The van der Waals surface area contributed by atoms with Crippen LogP contribution >= 0.6 is 54.8 Å². The summed E-state index contributed by atoms with van der Waals surface area (Å²) in [6.45, 7) is 2.99. The summed E-state index contributed by atoms with van der Waals surface area (Å²) >= 11 is 14.3. The number of hydrogen-bond donors (Lipinski definition) is 1. The molecule has 1 N–H and O–H groups in total. The van der Waals surface area contributed by atoms with Crippen LogP contribution in [0.5, 0.6) is 0 Å². The maximum absolute atomic E-state index is 6.03. The number of thiophene rings is 1. The standard InChI is InChI=1S/C11H10Br2ClN3S/c1-2-3-15-10-7(13)5-16-11(17-10)8-4-6(12)9(14)18-8/h4-5H,2-3H2,1H3,(H,15,16,17). The molecule has 2 heterocycles. The van der Waals surface area contributed by atoms with Crippen LogP contribution in [0.2, 0.25) is 4.34 Å². The van der Waals surface area contributed by atoms with Gasteiger partial charge in [0.15, 0.2) is 5.82 Å². The van der Waals surface area contributed by atoms with Gasteiger partial charge in [-0.3, -0.25) is 0 Å². The molecule has 0 saturated carbocycles. The fourth-order valence-electron chi connectivity index (χ4n) is 1.31. The average molecular weight is 412 g/mol. The van der Waals surface area contributed by atoms with Gasteiger partial charge in [0.25, 0.3) is 0 Å². The molecule has 0 aliphatic heterocycles. The van der Waals surface area contributed by atoms with E-state index in [4.69, 9.17) is 11.6 Å². The predicted octanol–water partition coefficient (Wildman–Crippen LogP) is 5.21. The Bertz CT molecular complexity index is 540. The molecule has 2 aromatic heterocycles. The summed E-state index contributed by atoms with van der Waals surface area (Å²) in [6.07, 6.45) is 2.80. The van der Waals surface area contributed by atoms with E-state index in [1.165, 1.54) is 11.3 Å². The molecule has 7 heteroatoms. The van der Waals surface area contributed by atoms with Crippen molar-refractivity contribution in [3.05, 3.63) is 25.5 Å². The summed E-state index contributed by atoms with van der Waals surface area (Å²) in [5.41, 5.74) is 0. The summed E-state index contributed by atoms with van der Waals surface area (Å²) in [7, 11) is 0. The molecule has 0 amide bonds. The maximum atomic E-state index is 6.03. The molecule has 96 valence electrons. The minimum Gasteiger partial charge on any atom is -0.369 e. The third-order valence-electron chi connectivity index (χ3n) is 2.15. The van der Waals surface area contributed by atoms with Crippen molar-refractivity contribution < 1.29 is 0 Å². The highest BCUT2D eigenvalue weighted by Crippen LogP contribution is 2.37. The van der Waals surface area contributed by atoms with Gasteiger partial charge in [-0.1, -0.05) is 18.5 Å². The van der Waals surface area contributed by atoms with Crippen molar-refractivity contribution in [2.45, 2.75) is 13.3 Å². The first-order valence-electron chi connectivity index (χ1n) is 5.33. The van der Waals surface area contributed by atoms with E-state index in [1.807, 2.05) is 6.07 Å². The zero-order chi connectivity index (χ0) is 13.1. The number of anilines is 1. The van der Waals surface area contributed by atoms with Gasteiger partial charge in [-0.15, -0.1) is 11.3 Å². The van der Waals surface area contributed by atoms with Crippen LogP contribution in [0.15, 0.2) is 21.2 Å². The first kappa shape index (κ1) is 14.2. The monoisotopic (exact) mass is 409 g/mol. The molecule has 2 aromatic rings. The number of nitrogens with zero attached hydrogens (tertiary/aromatic N) is 2. The Morgan fingerprint density at radius 2 is 2.17 bits per heavy atom. The Kier molecular flexibility index (Phi) is 5.00. The van der Waals surface area contributed by atoms with Gasteiger partial charge in [0.2, 0.25) is 0 Å². The van der Waals surface area contributed by atoms with Gasteiger partial charge in [0, 0.05) is 17.2 Å². The number of aromatic nitrogens is 2. The lowest BCUT2D eigenvalue weighted by molar-refractivity contribution is 0.963. The third kappa shape index (κ3) is 3.23. The Labute approximate surface area is 131 Å². The molecule has 18 heavy (non-hydrogen) atoms. The summed E-state index contributed by atoms with van der Waals surface area (Å²) in [5, 5.41) is 3.26. The van der Waals surface area contributed by atoms with Gasteiger partial charge in [-0.2, -0.15) is 0 Å². The van der Waals surface area contributed by atoms with Crippen molar-refractivity contribution in [3.8, 4) is 10.7 Å². The minimum atomic E-state index is 0.675. The van der Waals surface area contributed by atoms with Gasteiger partial charge in [0.05, 0.1) is 9.35 Å². The van der Waals surface area contributed by atoms with Crippen molar-refractivity contribution in [2.75, 3.05) is 11.9 Å². The van der Waals surface area contributed by atoms with Crippen LogP contribution in [-0.4, -0.2) is 16.5 Å². The van der Waals surface area contributed by atoms with E-state index in [0.29, 0.717) is 10.2 Å². The smallest absolute Gasteiger partial charge is 0.171 e. The predicted molar refractivity (Wildman–Crippen MR) is 84.5 cm³/mol. The van der Waals surface area contributed by atoms with Gasteiger partial charge in [0.1, 0.15) is 10.2 Å². The van der Waals surface area contributed by atoms with Crippen molar-refractivity contribution in [1.82, 2.24) is 9.97 Å². The highest BCUT2D eigenvalue weighted by Gasteiger charge is 2.11. The normalized spacial score (nSPS) is 10.7. The Balaban J connectivity index is 2.34. The van der Waals surface area contributed by atoms with Gasteiger partial charge in [-0.25, -0.2) is 9.97 Å². The van der Waals surface area contributed by atoms with Gasteiger partial charge >= 0.3 is 0 Å². The van der Waals surface area contributed by atoms with Crippen LogP contribution in [-0.2, 0) is 0 Å². The molecule has 2 rings (SSSR count). The van der Waals surface area contributed by atoms with E-state index in [2.05, 4.69) is 54.1 Å². The first-order chi connectivity index (χ1) is 8.61. The molecule has 0 unspecified atom stereocenters. The molecular formula is C11H10Br2ClN3S. The lowest BCUT2D eigenvalue weighted by atomic mass is 10.4. The number of rotatable bonds is 4. The van der Waals surface area contributed by atoms with Crippen LogP contribution in [0.4, 0.5) is 5.82 Å². The highest BCUT2D eigenvalue weighted by molar-refractivity contribution is 9.11. The van der Waals surface area contributed by atoms with E-state index in [-0.39, 0.29) is 0 Å². The molecule has 0 aromatic carbocycles. The molecule has 0 radical (unpaired) electrons. The maximum Gasteiger partial charge on any atom is 0.171 e. The highest BCUT2D eigenvalue weighted by atomic mass is 79.9. The van der Waals surface area contributed by atoms with E-state index >= 15 is 0 Å². The Morgan fingerprint density at radius 1 is 1.39 bits per heavy atom. The van der Waals surface area contributed by atoms with Crippen molar-refractivity contribution in [2.24, 2.45) is 0 Å². The van der Waals surface area contributed by atoms with Gasteiger partial charge < -0.3 is 5.32 Å². The van der Waals surface area contributed by atoms with E-state index < -0.39 is 0 Å². The second-order valence-electron chi connectivity index (χ2n) is 3.55. The summed E-state index contributed by atoms with van der Waals surface area (Å²) in [6, 6.07) is 1.93. The molecule has 0 aliphatic rings. The molecular weight excluding hydrogens is 401 g/mol. The van der Waals surface area contributed by atoms with Crippen LogP contribution < -0.4 is 5.32 Å². The van der Waals surface area contributed by atoms with Crippen LogP contribution in [0.1, 0.15) is 13.3 Å². The summed E-state index contributed by atoms with van der Waals surface area (Å²) in [5.74, 6) is 1.48. The molecule has 3 nitrogen and oxygen atoms in total. The van der Waals surface area contributed by atoms with E-state index in [9.17, 15) is 0 Å². The molecule has 0 fully saturated rings. The van der Waals surface area contributed by atoms with Crippen molar-refractivity contribution in [3.63, 3.8) is 0 Å². The first-order valence-corrected chi connectivity index (χ1v) is 8.11. The van der Waals surface area contributed by atoms with E-state index in [0.717, 1.165) is 32.6 Å². The third-order valence-corrected chi connectivity index (χ3v) is 5.20. The topological polar surface area (TPSA) is 37.8 Å². The molecule has 0 spiro atoms. The Hall–Kier alpha value is -0.170. The van der Waals surface area contributed by atoms with Crippen LogP contribution in [0.3, 0.4) is 0 Å². The molecule has 0 bridgehead atoms. The molecule has 0 atom stereocenters.